The molecule has 6 heteroatoms. The molecule has 2 rings (SSSR count). The number of halogens is 1. The summed E-state index contributed by atoms with van der Waals surface area (Å²) >= 11 is 6.20. The van der Waals surface area contributed by atoms with Crippen LogP contribution in [0.1, 0.15) is 43.8 Å². The molecule has 0 aliphatic heterocycles. The molecule has 0 bridgehead atoms. The van der Waals surface area contributed by atoms with Gasteiger partial charge in [-0.25, -0.2) is 9.97 Å². The molecule has 108 valence electrons. The number of nitrogens with one attached hydrogen (secondary N) is 1. The van der Waals surface area contributed by atoms with E-state index in [1.807, 2.05) is 34.0 Å². The molecule has 0 radical (unpaired) electrons. The van der Waals surface area contributed by atoms with Crippen molar-refractivity contribution in [1.29, 1.82) is 0 Å². The number of rotatable bonds is 4. The Kier molecular flexibility index (Phi) is 4.28. The zero-order valence-electron chi connectivity index (χ0n) is 12.5. The van der Waals surface area contributed by atoms with Gasteiger partial charge in [-0.15, -0.1) is 0 Å². The van der Waals surface area contributed by atoms with Gasteiger partial charge >= 0.3 is 0 Å². The number of anilines is 2. The fourth-order valence-electron chi connectivity index (χ4n) is 1.91. The van der Waals surface area contributed by atoms with Gasteiger partial charge in [0, 0.05) is 24.7 Å². The molecule has 0 saturated heterocycles. The van der Waals surface area contributed by atoms with Crippen LogP contribution in [0.3, 0.4) is 0 Å². The molecule has 1 N–H and O–H groups in total. The molecular weight excluding hydrogens is 274 g/mol. The van der Waals surface area contributed by atoms with E-state index in [-0.39, 0.29) is 5.92 Å². The van der Waals surface area contributed by atoms with E-state index >= 15 is 0 Å². The van der Waals surface area contributed by atoms with Crippen LogP contribution >= 0.6 is 11.6 Å². The van der Waals surface area contributed by atoms with Crippen molar-refractivity contribution >= 4 is 23.1 Å². The molecule has 0 amide bonds. The van der Waals surface area contributed by atoms with Gasteiger partial charge in [0.2, 0.25) is 0 Å². The number of hydrogen-bond donors (Lipinski definition) is 1. The van der Waals surface area contributed by atoms with E-state index < -0.39 is 0 Å². The Bertz CT molecular complexity index is 618. The Morgan fingerprint density at radius 3 is 2.65 bits per heavy atom. The summed E-state index contributed by atoms with van der Waals surface area (Å²) in [5.74, 6) is 1.72. The number of hydrogen-bond acceptors (Lipinski definition) is 4. The zero-order valence-corrected chi connectivity index (χ0v) is 13.3. The monoisotopic (exact) mass is 293 g/mol. The van der Waals surface area contributed by atoms with E-state index in [0.29, 0.717) is 5.15 Å². The maximum Gasteiger partial charge on any atom is 0.138 e. The number of aromatic nitrogens is 4. The largest absolute Gasteiger partial charge is 0.337 e. The Labute approximate surface area is 124 Å². The fraction of sp³-hybridized carbons (Fsp3) is 0.500. The maximum absolute atomic E-state index is 6.20. The van der Waals surface area contributed by atoms with E-state index in [1.54, 1.807) is 4.68 Å². The first kappa shape index (κ1) is 14.8. The van der Waals surface area contributed by atoms with Gasteiger partial charge in [-0.1, -0.05) is 32.4 Å². The third-order valence-electron chi connectivity index (χ3n) is 3.11. The first-order valence-corrected chi connectivity index (χ1v) is 7.13. The third-order valence-corrected chi connectivity index (χ3v) is 3.48. The van der Waals surface area contributed by atoms with Crippen LogP contribution in [0.25, 0.3) is 0 Å². The third kappa shape index (κ3) is 2.93. The smallest absolute Gasteiger partial charge is 0.138 e. The molecule has 20 heavy (non-hydrogen) atoms. The molecule has 0 aliphatic carbocycles. The highest BCUT2D eigenvalue weighted by Gasteiger charge is 2.14. The molecule has 2 aromatic heterocycles. The maximum atomic E-state index is 6.20. The van der Waals surface area contributed by atoms with Crippen molar-refractivity contribution in [2.45, 2.75) is 40.0 Å². The standard InChI is InChI=1S/C14H20ClN5/c1-6-10-11(7-20(5)19-10)16-14-9(4)12(15)17-13(18-14)8(2)3/h7-8H,6H2,1-5H3,(H,16,17,18). The van der Waals surface area contributed by atoms with E-state index in [4.69, 9.17) is 11.6 Å². The predicted molar refractivity (Wildman–Crippen MR) is 81.7 cm³/mol. The topological polar surface area (TPSA) is 55.6 Å². The Balaban J connectivity index is 2.42. The molecule has 5 nitrogen and oxygen atoms in total. The molecule has 0 aromatic carbocycles. The average Bonchev–Trinajstić information content (AvgIpc) is 2.74. The molecule has 2 heterocycles. The van der Waals surface area contributed by atoms with Crippen molar-refractivity contribution in [1.82, 2.24) is 19.7 Å². The Morgan fingerprint density at radius 2 is 2.05 bits per heavy atom. The van der Waals surface area contributed by atoms with Crippen LogP contribution in [-0.4, -0.2) is 19.7 Å². The molecule has 0 aliphatic rings. The summed E-state index contributed by atoms with van der Waals surface area (Å²) < 4.78 is 1.79. The number of nitrogens with zero attached hydrogens (tertiary/aromatic N) is 4. The molecule has 0 atom stereocenters. The van der Waals surface area contributed by atoms with E-state index in [1.165, 1.54) is 0 Å². The summed E-state index contributed by atoms with van der Waals surface area (Å²) in [6.07, 6.45) is 2.81. The molecular formula is C14H20ClN5. The average molecular weight is 294 g/mol. The number of aryl methyl sites for hydroxylation is 2. The summed E-state index contributed by atoms with van der Waals surface area (Å²) in [6.45, 7) is 8.09. The fourth-order valence-corrected chi connectivity index (χ4v) is 2.09. The van der Waals surface area contributed by atoms with Crippen molar-refractivity contribution in [3.63, 3.8) is 0 Å². The molecule has 2 aromatic rings. The molecule has 0 spiro atoms. The van der Waals surface area contributed by atoms with Crippen molar-refractivity contribution in [2.24, 2.45) is 7.05 Å². The minimum atomic E-state index is 0.230. The highest BCUT2D eigenvalue weighted by atomic mass is 35.5. The normalized spacial score (nSPS) is 11.2. The van der Waals surface area contributed by atoms with Crippen LogP contribution in [0.5, 0.6) is 0 Å². The van der Waals surface area contributed by atoms with Gasteiger partial charge in [0.15, 0.2) is 0 Å². The van der Waals surface area contributed by atoms with Gasteiger partial charge < -0.3 is 5.32 Å². The van der Waals surface area contributed by atoms with Gasteiger partial charge in [-0.3, -0.25) is 4.68 Å². The van der Waals surface area contributed by atoms with Crippen molar-refractivity contribution < 1.29 is 0 Å². The van der Waals surface area contributed by atoms with Crippen LogP contribution in [0.4, 0.5) is 11.5 Å². The van der Waals surface area contributed by atoms with Gasteiger partial charge in [0.25, 0.3) is 0 Å². The first-order chi connectivity index (χ1) is 9.42. The van der Waals surface area contributed by atoms with Crippen LogP contribution in [0.2, 0.25) is 5.15 Å². The minimum absolute atomic E-state index is 0.230. The van der Waals surface area contributed by atoms with Crippen molar-refractivity contribution in [3.8, 4) is 0 Å². The van der Waals surface area contributed by atoms with Gasteiger partial charge in [-0.05, 0) is 13.3 Å². The lowest BCUT2D eigenvalue weighted by molar-refractivity contribution is 0.746. The molecule has 0 unspecified atom stereocenters. The summed E-state index contributed by atoms with van der Waals surface area (Å²) in [6, 6.07) is 0. The van der Waals surface area contributed by atoms with Gasteiger partial charge in [0.1, 0.15) is 16.8 Å². The quantitative estimate of drug-likeness (QED) is 0.875. The second-order valence-electron chi connectivity index (χ2n) is 5.14. The highest BCUT2D eigenvalue weighted by Crippen LogP contribution is 2.26. The van der Waals surface area contributed by atoms with E-state index in [9.17, 15) is 0 Å². The second kappa shape index (κ2) is 5.79. The second-order valence-corrected chi connectivity index (χ2v) is 5.50. The lowest BCUT2D eigenvalue weighted by atomic mass is 10.2. The predicted octanol–water partition coefficient (Wildman–Crippen LogP) is 3.60. The lowest BCUT2D eigenvalue weighted by Crippen LogP contribution is -2.05. The summed E-state index contributed by atoms with van der Waals surface area (Å²) in [5, 5.41) is 8.24. The first-order valence-electron chi connectivity index (χ1n) is 6.76. The van der Waals surface area contributed by atoms with Crippen LogP contribution in [-0.2, 0) is 13.5 Å². The summed E-state index contributed by atoms with van der Waals surface area (Å²) in [4.78, 5) is 8.88. The highest BCUT2D eigenvalue weighted by molar-refractivity contribution is 6.30. The summed E-state index contributed by atoms with van der Waals surface area (Å²) in [7, 11) is 1.91. The van der Waals surface area contributed by atoms with E-state index in [0.717, 1.165) is 35.0 Å². The zero-order chi connectivity index (χ0) is 14.9. The van der Waals surface area contributed by atoms with Crippen LogP contribution in [0, 0.1) is 6.92 Å². The molecule has 0 saturated carbocycles. The minimum Gasteiger partial charge on any atom is -0.337 e. The van der Waals surface area contributed by atoms with Crippen molar-refractivity contribution in [3.05, 3.63) is 28.4 Å². The summed E-state index contributed by atoms with van der Waals surface area (Å²) in [5.41, 5.74) is 2.82. The van der Waals surface area contributed by atoms with Crippen molar-refractivity contribution in [2.75, 3.05) is 5.32 Å². The lowest BCUT2D eigenvalue weighted by Gasteiger charge is -2.12. The Morgan fingerprint density at radius 1 is 1.35 bits per heavy atom. The SMILES string of the molecule is CCc1nn(C)cc1Nc1nc(C(C)C)nc(Cl)c1C. The van der Waals surface area contributed by atoms with E-state index in [2.05, 4.69) is 27.3 Å². The van der Waals surface area contributed by atoms with Crippen LogP contribution in [0.15, 0.2) is 6.20 Å². The Hall–Kier alpha value is -1.62. The molecule has 0 fully saturated rings. The van der Waals surface area contributed by atoms with Gasteiger partial charge in [0.05, 0.1) is 11.4 Å². The van der Waals surface area contributed by atoms with Gasteiger partial charge in [-0.2, -0.15) is 5.10 Å². The van der Waals surface area contributed by atoms with Crippen LogP contribution < -0.4 is 5.32 Å².